The first-order valence-electron chi connectivity index (χ1n) is 6.44. The van der Waals surface area contributed by atoms with Gasteiger partial charge in [-0.05, 0) is 24.3 Å². The number of ether oxygens (including phenoxy) is 2. The number of carbonyl (C=O) groups excluding carboxylic acids is 1. The Morgan fingerprint density at radius 3 is 3.00 bits per heavy atom. The van der Waals surface area contributed by atoms with E-state index in [9.17, 15) is 4.79 Å². The molecule has 104 valence electrons. The number of carbonyl (C=O) groups is 1. The molecular formula is C15H11N3O3. The van der Waals surface area contributed by atoms with Crippen LogP contribution in [0.4, 0.5) is 5.69 Å². The Kier molecular flexibility index (Phi) is 2.53. The van der Waals surface area contributed by atoms with Gasteiger partial charge in [0.1, 0.15) is 0 Å². The highest BCUT2D eigenvalue weighted by Crippen LogP contribution is 2.34. The van der Waals surface area contributed by atoms with Crippen LogP contribution in [-0.2, 0) is 0 Å². The molecule has 3 aromatic rings. The number of hydrogen-bond donors (Lipinski definition) is 2. The van der Waals surface area contributed by atoms with Gasteiger partial charge in [0, 0.05) is 22.7 Å². The Morgan fingerprint density at radius 2 is 2.05 bits per heavy atom. The highest BCUT2D eigenvalue weighted by atomic mass is 16.7. The average molecular weight is 281 g/mol. The summed E-state index contributed by atoms with van der Waals surface area (Å²) in [5.41, 5.74) is 2.05. The van der Waals surface area contributed by atoms with E-state index in [0.29, 0.717) is 22.7 Å². The third-order valence-corrected chi connectivity index (χ3v) is 3.33. The molecule has 0 saturated carbocycles. The van der Waals surface area contributed by atoms with Gasteiger partial charge in [-0.2, -0.15) is 5.10 Å². The lowest BCUT2D eigenvalue weighted by Gasteiger charge is -2.06. The van der Waals surface area contributed by atoms with Gasteiger partial charge in [0.05, 0.1) is 11.7 Å². The molecule has 0 unspecified atom stereocenters. The molecule has 1 aromatic heterocycles. The van der Waals surface area contributed by atoms with E-state index >= 15 is 0 Å². The molecule has 0 saturated heterocycles. The van der Waals surface area contributed by atoms with E-state index in [1.54, 1.807) is 36.5 Å². The second kappa shape index (κ2) is 4.52. The van der Waals surface area contributed by atoms with Crippen LogP contribution in [0, 0.1) is 0 Å². The van der Waals surface area contributed by atoms with E-state index in [1.165, 1.54) is 0 Å². The van der Waals surface area contributed by atoms with Gasteiger partial charge in [-0.1, -0.05) is 6.07 Å². The minimum absolute atomic E-state index is 0.189. The Morgan fingerprint density at radius 1 is 1.14 bits per heavy atom. The lowest BCUT2D eigenvalue weighted by Crippen LogP contribution is -2.11. The van der Waals surface area contributed by atoms with Crippen molar-refractivity contribution in [2.45, 2.75) is 0 Å². The molecule has 21 heavy (non-hydrogen) atoms. The monoisotopic (exact) mass is 281 g/mol. The minimum Gasteiger partial charge on any atom is -0.454 e. The van der Waals surface area contributed by atoms with Gasteiger partial charge in [-0.25, -0.2) is 0 Å². The molecule has 0 fully saturated rings. The number of anilines is 1. The van der Waals surface area contributed by atoms with Gasteiger partial charge in [0.2, 0.25) is 6.79 Å². The van der Waals surface area contributed by atoms with Crippen LogP contribution in [0.3, 0.4) is 0 Å². The van der Waals surface area contributed by atoms with E-state index in [-0.39, 0.29) is 12.7 Å². The highest BCUT2D eigenvalue weighted by Gasteiger charge is 2.14. The van der Waals surface area contributed by atoms with E-state index in [2.05, 4.69) is 15.5 Å². The average Bonchev–Trinajstić information content (AvgIpc) is 3.14. The van der Waals surface area contributed by atoms with Gasteiger partial charge in [-0.15, -0.1) is 0 Å². The molecule has 0 spiro atoms. The Bertz CT molecular complexity index is 841. The number of hydrogen-bond acceptors (Lipinski definition) is 4. The predicted octanol–water partition coefficient (Wildman–Crippen LogP) is 2.54. The second-order valence-electron chi connectivity index (χ2n) is 4.69. The molecule has 1 amide bonds. The summed E-state index contributed by atoms with van der Waals surface area (Å²) in [6.07, 6.45) is 1.72. The fourth-order valence-corrected chi connectivity index (χ4v) is 2.26. The zero-order chi connectivity index (χ0) is 14.2. The summed E-state index contributed by atoms with van der Waals surface area (Å²) >= 11 is 0. The molecule has 2 aromatic carbocycles. The summed E-state index contributed by atoms with van der Waals surface area (Å²) < 4.78 is 10.5. The summed E-state index contributed by atoms with van der Waals surface area (Å²) in [5.74, 6) is 1.13. The molecule has 0 atom stereocenters. The number of nitrogens with zero attached hydrogens (tertiary/aromatic N) is 1. The summed E-state index contributed by atoms with van der Waals surface area (Å²) in [6.45, 7) is 0.212. The summed E-state index contributed by atoms with van der Waals surface area (Å²) in [6, 6.07) is 10.7. The maximum absolute atomic E-state index is 12.3. The van der Waals surface area contributed by atoms with Gasteiger partial charge in [0.25, 0.3) is 5.91 Å². The van der Waals surface area contributed by atoms with Crippen LogP contribution in [0.5, 0.6) is 11.5 Å². The van der Waals surface area contributed by atoms with Gasteiger partial charge in [0.15, 0.2) is 11.5 Å². The number of fused-ring (bicyclic) bond motifs is 2. The van der Waals surface area contributed by atoms with Crippen LogP contribution in [0.25, 0.3) is 10.9 Å². The quantitative estimate of drug-likeness (QED) is 0.756. The summed E-state index contributed by atoms with van der Waals surface area (Å²) in [4.78, 5) is 12.3. The molecule has 0 aliphatic carbocycles. The van der Waals surface area contributed by atoms with E-state index < -0.39 is 0 Å². The maximum Gasteiger partial charge on any atom is 0.255 e. The summed E-state index contributed by atoms with van der Waals surface area (Å²) in [5, 5.41) is 10.6. The molecule has 0 bridgehead atoms. The summed E-state index contributed by atoms with van der Waals surface area (Å²) in [7, 11) is 0. The number of aromatic amines is 1. The van der Waals surface area contributed by atoms with Crippen molar-refractivity contribution in [2.75, 3.05) is 12.1 Å². The predicted molar refractivity (Wildman–Crippen MR) is 76.6 cm³/mol. The van der Waals surface area contributed by atoms with Crippen LogP contribution in [0.15, 0.2) is 42.6 Å². The van der Waals surface area contributed by atoms with Crippen molar-refractivity contribution in [1.29, 1.82) is 0 Å². The number of nitrogens with one attached hydrogen (secondary N) is 2. The standard InChI is InChI=1S/C15H11N3O3/c19-15(9-1-2-10-7-16-18-12(10)5-9)17-11-3-4-13-14(6-11)21-8-20-13/h1-7H,8H2,(H,16,18)(H,17,19). The molecule has 1 aliphatic heterocycles. The smallest absolute Gasteiger partial charge is 0.255 e. The fourth-order valence-electron chi connectivity index (χ4n) is 2.26. The van der Waals surface area contributed by atoms with Crippen LogP contribution >= 0.6 is 0 Å². The fraction of sp³-hybridized carbons (Fsp3) is 0.0667. The largest absolute Gasteiger partial charge is 0.454 e. The van der Waals surface area contributed by atoms with Crippen LogP contribution in [-0.4, -0.2) is 22.9 Å². The SMILES string of the molecule is O=C(Nc1ccc2c(c1)OCO2)c1ccc2cn[nH]c2c1. The van der Waals surface area contributed by atoms with Crippen molar-refractivity contribution >= 4 is 22.5 Å². The molecule has 6 nitrogen and oxygen atoms in total. The van der Waals surface area contributed by atoms with Gasteiger partial charge in [-0.3, -0.25) is 9.89 Å². The van der Waals surface area contributed by atoms with Crippen molar-refractivity contribution in [3.8, 4) is 11.5 Å². The lowest BCUT2D eigenvalue weighted by molar-refractivity contribution is 0.102. The molecule has 0 radical (unpaired) electrons. The van der Waals surface area contributed by atoms with Crippen LogP contribution in [0.2, 0.25) is 0 Å². The van der Waals surface area contributed by atoms with Crippen LogP contribution < -0.4 is 14.8 Å². The Labute approximate surface area is 119 Å². The molecule has 2 heterocycles. The first-order valence-corrected chi connectivity index (χ1v) is 6.44. The zero-order valence-corrected chi connectivity index (χ0v) is 10.9. The maximum atomic E-state index is 12.3. The normalized spacial score (nSPS) is 12.6. The first kappa shape index (κ1) is 11.8. The molecule has 6 heteroatoms. The third kappa shape index (κ3) is 2.06. The molecule has 1 aliphatic rings. The van der Waals surface area contributed by atoms with Crippen molar-refractivity contribution in [1.82, 2.24) is 10.2 Å². The van der Waals surface area contributed by atoms with Gasteiger partial charge < -0.3 is 14.8 Å². The third-order valence-electron chi connectivity index (χ3n) is 3.33. The van der Waals surface area contributed by atoms with Crippen LogP contribution in [0.1, 0.15) is 10.4 Å². The molecule has 2 N–H and O–H groups in total. The molecule has 4 rings (SSSR count). The number of H-pyrrole nitrogens is 1. The Balaban J connectivity index is 1.60. The topological polar surface area (TPSA) is 76.2 Å². The molecular weight excluding hydrogens is 270 g/mol. The van der Waals surface area contributed by atoms with Crippen molar-refractivity contribution in [3.05, 3.63) is 48.2 Å². The van der Waals surface area contributed by atoms with Gasteiger partial charge >= 0.3 is 0 Å². The highest BCUT2D eigenvalue weighted by molar-refractivity contribution is 6.06. The number of rotatable bonds is 2. The van der Waals surface area contributed by atoms with E-state index in [4.69, 9.17) is 9.47 Å². The van der Waals surface area contributed by atoms with E-state index in [0.717, 1.165) is 10.9 Å². The first-order chi connectivity index (χ1) is 10.3. The minimum atomic E-state index is -0.189. The zero-order valence-electron chi connectivity index (χ0n) is 10.9. The lowest BCUT2D eigenvalue weighted by atomic mass is 10.1. The van der Waals surface area contributed by atoms with Crippen molar-refractivity contribution in [3.63, 3.8) is 0 Å². The van der Waals surface area contributed by atoms with Crippen molar-refractivity contribution in [2.24, 2.45) is 0 Å². The second-order valence-corrected chi connectivity index (χ2v) is 4.69. The van der Waals surface area contributed by atoms with Crippen molar-refractivity contribution < 1.29 is 14.3 Å². The number of amides is 1. The number of benzene rings is 2. The Hall–Kier alpha value is -3.02. The number of aromatic nitrogens is 2. The van der Waals surface area contributed by atoms with E-state index in [1.807, 2.05) is 6.07 Å².